The van der Waals surface area contributed by atoms with Crippen molar-refractivity contribution < 1.29 is 58.4 Å². The molecule has 10 aromatic heterocycles. The summed E-state index contributed by atoms with van der Waals surface area (Å²) in [4.78, 5) is 26.9. The van der Waals surface area contributed by atoms with Gasteiger partial charge in [-0.2, -0.15) is 25.5 Å². The van der Waals surface area contributed by atoms with Crippen molar-refractivity contribution >= 4 is 184 Å². The number of H-pyrrole nitrogens is 1. The van der Waals surface area contributed by atoms with Crippen molar-refractivity contribution in [1.82, 2.24) is 79.2 Å². The molecule has 658 valence electrons. The summed E-state index contributed by atoms with van der Waals surface area (Å²) in [6.07, 6.45) is 17.9. The van der Waals surface area contributed by atoms with E-state index in [0.29, 0.717) is 132 Å². The van der Waals surface area contributed by atoms with Crippen LogP contribution in [0.25, 0.3) is 88.6 Å². The lowest BCUT2D eigenvalue weighted by Gasteiger charge is -2.12. The number of rotatable bonds is 20. The highest BCUT2D eigenvalue weighted by atomic mass is 79.9. The van der Waals surface area contributed by atoms with Crippen LogP contribution in [0.5, 0.6) is 46.0 Å². The van der Waals surface area contributed by atoms with E-state index in [1.807, 2.05) is 75.9 Å². The average molecular weight is 2020 g/mol. The molecule has 10 heterocycles. The number of nitrogens with zero attached hydrogens (tertiary/aromatic N) is 15. The molecule has 0 aliphatic carbocycles. The summed E-state index contributed by atoms with van der Waals surface area (Å²) in [5.74, 6) is 6.29. The molecular formula is C88H71Br2Cl4FN18O12S4. The summed E-state index contributed by atoms with van der Waals surface area (Å²) >= 11 is 32.5. The van der Waals surface area contributed by atoms with Crippen LogP contribution < -0.4 is 29.6 Å². The number of alkyl halides is 1. The molecule has 30 nitrogen and oxygen atoms in total. The lowest BCUT2D eigenvalue weighted by Crippen LogP contribution is -1.97. The van der Waals surface area contributed by atoms with Gasteiger partial charge in [0.25, 0.3) is 0 Å². The molecule has 0 aliphatic heterocycles. The first kappa shape index (κ1) is 90.9. The van der Waals surface area contributed by atoms with Crippen molar-refractivity contribution in [1.29, 1.82) is 0 Å². The number of aryl methyl sites for hydroxylation is 4. The monoisotopic (exact) mass is 2020 g/mol. The quantitative estimate of drug-likeness (QED) is 0.0638. The second-order valence-corrected chi connectivity index (χ2v) is 39.5. The van der Waals surface area contributed by atoms with Gasteiger partial charge in [0, 0.05) is 146 Å². The zero-order chi connectivity index (χ0) is 92.7. The van der Waals surface area contributed by atoms with Crippen LogP contribution in [0.15, 0.2) is 279 Å². The predicted molar refractivity (Wildman–Crippen MR) is 504 cm³/mol. The molecule has 0 radical (unpaired) electrons. The van der Waals surface area contributed by atoms with Crippen LogP contribution in [0.2, 0.25) is 20.1 Å². The van der Waals surface area contributed by atoms with Crippen LogP contribution in [-0.4, -0.2) is 145 Å². The van der Waals surface area contributed by atoms with Crippen molar-refractivity contribution in [2.75, 3.05) is 42.8 Å². The van der Waals surface area contributed by atoms with E-state index in [-0.39, 0.29) is 19.6 Å². The van der Waals surface area contributed by atoms with E-state index in [0.717, 1.165) is 73.6 Å². The number of aromatic amines is 1. The van der Waals surface area contributed by atoms with Crippen molar-refractivity contribution in [2.45, 2.75) is 19.6 Å². The molecule has 0 fully saturated rings. The summed E-state index contributed by atoms with van der Waals surface area (Å²) in [5, 5.41) is 36.9. The fraction of sp³-hybridized carbons (Fsp3) is 0.102. The predicted octanol–water partition coefficient (Wildman–Crippen LogP) is 21.0. The number of nitrogens with one attached hydrogen (secondary N) is 3. The first-order chi connectivity index (χ1) is 62.0. The number of sulfone groups is 4. The number of fused-ring (bicyclic) bond motifs is 4. The molecule has 3 N–H and O–H groups in total. The van der Waals surface area contributed by atoms with Crippen LogP contribution in [0.1, 0.15) is 1.37 Å². The van der Waals surface area contributed by atoms with Gasteiger partial charge in [0.1, 0.15) is 60.1 Å². The molecule has 18 aromatic rings. The Morgan fingerprint density at radius 3 is 1.05 bits per heavy atom. The molecule has 0 amide bonds. The van der Waals surface area contributed by atoms with E-state index in [1.165, 1.54) is 54.8 Å². The van der Waals surface area contributed by atoms with E-state index in [4.69, 9.17) is 66.7 Å². The maximum Gasteiger partial charge on any atom is 0.175 e. The van der Waals surface area contributed by atoms with E-state index < -0.39 is 46.5 Å². The maximum atomic E-state index is 11.8. The highest BCUT2D eigenvalue weighted by molar-refractivity contribution is 9.10. The van der Waals surface area contributed by atoms with E-state index in [1.54, 1.807) is 172 Å². The third-order valence-corrected chi connectivity index (χ3v) is 26.0. The lowest BCUT2D eigenvalue weighted by molar-refractivity contribution is 0.484. The van der Waals surface area contributed by atoms with Crippen molar-refractivity contribution in [3.05, 3.63) is 279 Å². The van der Waals surface area contributed by atoms with Crippen molar-refractivity contribution in [3.8, 4) is 91.0 Å². The zero-order valence-corrected chi connectivity index (χ0v) is 78.2. The molecule has 129 heavy (non-hydrogen) atoms. The van der Waals surface area contributed by atoms with Gasteiger partial charge < -0.3 is 29.6 Å². The highest BCUT2D eigenvalue weighted by Gasteiger charge is 2.25. The molecule has 0 bridgehead atoms. The van der Waals surface area contributed by atoms with Gasteiger partial charge in [0.2, 0.25) is 0 Å². The van der Waals surface area contributed by atoms with Gasteiger partial charge >= 0.3 is 0 Å². The Morgan fingerprint density at radius 1 is 0.395 bits per heavy atom. The molecule has 0 aliphatic rings. The maximum absolute atomic E-state index is 11.8. The van der Waals surface area contributed by atoms with E-state index in [9.17, 15) is 38.1 Å². The third kappa shape index (κ3) is 21.6. The third-order valence-electron chi connectivity index (χ3n) is 19.1. The Kier molecular flexibility index (Phi) is 27.5. The fourth-order valence-electron chi connectivity index (χ4n) is 13.2. The topological polar surface area (TPSA) is 375 Å². The van der Waals surface area contributed by atoms with Gasteiger partial charge in [-0.3, -0.25) is 53.1 Å². The number of benzene rings is 8. The second kappa shape index (κ2) is 39.0. The number of hydrogen-bond donors (Lipinski definition) is 3. The van der Waals surface area contributed by atoms with Crippen LogP contribution in [0, 0.1) is 0 Å². The number of hydrogen-bond acceptors (Lipinski definition) is 25. The Morgan fingerprint density at radius 2 is 0.721 bits per heavy atom. The van der Waals surface area contributed by atoms with Crippen molar-refractivity contribution in [2.24, 2.45) is 28.2 Å². The molecule has 0 unspecified atom stereocenters. The molecule has 0 atom stereocenters. The molecule has 18 rings (SSSR count). The van der Waals surface area contributed by atoms with Gasteiger partial charge in [-0.15, -0.1) is 0 Å². The Hall–Kier alpha value is -12.8. The number of halogens is 7. The van der Waals surface area contributed by atoms with Crippen LogP contribution in [0.4, 0.5) is 27.7 Å². The Bertz CT molecular complexity index is 7770. The van der Waals surface area contributed by atoms with Crippen LogP contribution >= 0.6 is 78.3 Å². The summed E-state index contributed by atoms with van der Waals surface area (Å²) in [6, 6.07) is 56.0. The van der Waals surface area contributed by atoms with Crippen LogP contribution in [-0.2, 0) is 67.5 Å². The average Bonchev–Trinajstić information content (AvgIpc) is 1.64. The first-order valence-corrected chi connectivity index (χ1v) is 48.5. The Balaban J connectivity index is 0.000000139. The van der Waals surface area contributed by atoms with Gasteiger partial charge in [0.05, 0.1) is 77.2 Å². The number of anilines is 4. The molecule has 0 saturated heterocycles. The lowest BCUT2D eigenvalue weighted by atomic mass is 10.1. The van der Waals surface area contributed by atoms with Crippen LogP contribution in [0.3, 0.4) is 0 Å². The summed E-state index contributed by atoms with van der Waals surface area (Å²) < 4.78 is 142. The minimum Gasteiger partial charge on any atom is -0.455 e. The number of ether oxygens (including phenoxy) is 4. The largest absolute Gasteiger partial charge is 0.455 e. The summed E-state index contributed by atoms with van der Waals surface area (Å²) in [6.45, 7) is 0. The molecule has 0 saturated carbocycles. The number of pyridine rings is 4. The fourth-order valence-corrected chi connectivity index (χ4v) is 17.6. The summed E-state index contributed by atoms with van der Waals surface area (Å²) in [7, 11) is -6.91. The molecule has 0 spiro atoms. The van der Waals surface area contributed by atoms with Gasteiger partial charge in [-0.05, 0) is 226 Å². The van der Waals surface area contributed by atoms with Gasteiger partial charge in [-0.1, -0.05) is 46.4 Å². The standard InChI is InChI=1S/C24H21ClN6O3S.C24H19ClN6O3S.C20H15BrClN3O3S.C19H13BrClN3O3S.CH3F/c1-30-12-10-21(28-30)27-24-18-13-15(22-19(25)5-4-11-26-22)14-20(23(18)31(2)29-24)34-16-6-8-17(9-7-16)35(3,32)33;1-31-23-18(24(30-31)29-21-14-26-10-11-27-21)12-15(22-19(25)4-3-9-28-22)13-20(23)34-16-5-7-17(8-6-16)35(2,32)33;1-25-19-15(20(21)24-25)10-12(18-16(22)4-3-9-23-18)11-17(19)28-13-5-7-14(8-6-13)29(2,26)27;1-28(25,26)13-6-4-12(5-7-13)27-16-10-11(17-15(21)3-2-8-22-17)9-14-18(16)23-24-19(14)20;1-2/h4-14H,1-3H3,(H,27,28,29);3-14H,1-2H3,(H,27,29,30);3-11H,1-2H3;2-10H,1H3,(H,23,24);1H3/i;;;;1D. The normalized spacial score (nSPS) is 11.6. The smallest absolute Gasteiger partial charge is 0.175 e. The summed E-state index contributed by atoms with van der Waals surface area (Å²) in [5.41, 5.74) is 8.27. The minimum atomic E-state index is -3.32. The van der Waals surface area contributed by atoms with Crippen molar-refractivity contribution in [3.63, 3.8) is 0 Å². The molecular weight excluding hydrogens is 1950 g/mol. The van der Waals surface area contributed by atoms with Gasteiger partial charge in [0.15, 0.2) is 79.8 Å². The van der Waals surface area contributed by atoms with Gasteiger partial charge in [-0.25, -0.2) is 38.7 Å². The van der Waals surface area contributed by atoms with E-state index >= 15 is 0 Å². The minimum absolute atomic E-state index is 0.208. The number of aromatic nitrogens is 16. The SMILES string of the molecule is CS(=O)(=O)c1ccc(Oc2cc(-c3ncccc3Cl)cc3c(Br)[nH]nc23)cc1.Cn1ccc(Nc2nn(C)c3c(Oc4ccc(S(C)(=O)=O)cc4)cc(-c4ncccc4Cl)cc23)n1.Cn1nc(Br)c2cc(-c3ncccc3Cl)cc(Oc3ccc(S(C)(=O)=O)cc3)c21.Cn1nc(Nc2cnccn2)c2cc(-c3ncccc3Cl)cc(Oc3ccc(S(C)(=O)=O)cc3)c21.[2H]CF. The van der Waals surface area contributed by atoms with E-state index in [2.05, 4.69) is 103 Å². The molecule has 41 heteroatoms. The second-order valence-electron chi connectivity index (χ2n) is 28.3. The zero-order valence-electron chi connectivity index (χ0n) is 69.8. The highest BCUT2D eigenvalue weighted by Crippen LogP contribution is 2.45. The Labute approximate surface area is 776 Å². The first-order valence-electron chi connectivity index (χ1n) is 38.5. The molecule has 8 aromatic carbocycles.